The van der Waals surface area contributed by atoms with Crippen molar-refractivity contribution >= 4 is 39.1 Å². The van der Waals surface area contributed by atoms with Crippen molar-refractivity contribution in [1.29, 1.82) is 0 Å². The number of nitrogens with zero attached hydrogens (tertiary/aromatic N) is 1. The second-order valence-corrected chi connectivity index (χ2v) is 6.42. The van der Waals surface area contributed by atoms with Gasteiger partial charge in [0.1, 0.15) is 5.82 Å². The third-order valence-corrected chi connectivity index (χ3v) is 4.28. The summed E-state index contributed by atoms with van der Waals surface area (Å²) in [4.78, 5) is 26.0. The smallest absolute Gasteiger partial charge is 0.243 e. The van der Waals surface area contributed by atoms with Crippen molar-refractivity contribution < 1.29 is 14.0 Å². The quantitative estimate of drug-likeness (QED) is 0.787. The van der Waals surface area contributed by atoms with Crippen LogP contribution in [0.1, 0.15) is 6.42 Å². The predicted molar refractivity (Wildman–Crippen MR) is 92.8 cm³/mol. The van der Waals surface area contributed by atoms with Crippen LogP contribution in [-0.4, -0.2) is 18.4 Å². The molecule has 1 unspecified atom stereocenters. The van der Waals surface area contributed by atoms with E-state index in [9.17, 15) is 14.0 Å². The first-order valence-electron chi connectivity index (χ1n) is 7.40. The number of halogens is 2. The molecule has 2 amide bonds. The average molecular weight is 392 g/mol. The van der Waals surface area contributed by atoms with E-state index in [2.05, 4.69) is 26.8 Å². The number of hydrazine groups is 1. The molecule has 7 heteroatoms. The van der Waals surface area contributed by atoms with Gasteiger partial charge in [-0.15, -0.1) is 0 Å². The van der Waals surface area contributed by atoms with Crippen molar-refractivity contribution in [3.63, 3.8) is 0 Å². The van der Waals surface area contributed by atoms with Crippen molar-refractivity contribution in [2.75, 3.05) is 16.9 Å². The lowest BCUT2D eigenvalue weighted by Crippen LogP contribution is -2.36. The lowest BCUT2D eigenvalue weighted by molar-refractivity contribution is -0.125. The van der Waals surface area contributed by atoms with E-state index in [1.54, 1.807) is 4.90 Å². The van der Waals surface area contributed by atoms with E-state index < -0.39 is 5.92 Å². The van der Waals surface area contributed by atoms with Crippen LogP contribution in [0.25, 0.3) is 0 Å². The summed E-state index contributed by atoms with van der Waals surface area (Å²) in [5, 5.41) is 0. The number of rotatable bonds is 4. The molecule has 1 saturated heterocycles. The molecule has 5 nitrogen and oxygen atoms in total. The van der Waals surface area contributed by atoms with Crippen LogP contribution in [-0.2, 0) is 9.59 Å². The number of carbonyl (C=O) groups excluding carboxylic acids is 2. The average Bonchev–Trinajstić information content (AvgIpc) is 2.96. The molecule has 0 aliphatic carbocycles. The Morgan fingerprint density at radius 1 is 1.21 bits per heavy atom. The highest BCUT2D eigenvalue weighted by molar-refractivity contribution is 9.10. The molecule has 2 aromatic carbocycles. The van der Waals surface area contributed by atoms with Gasteiger partial charge in [-0.1, -0.05) is 22.0 Å². The Kier molecular flexibility index (Phi) is 4.80. The van der Waals surface area contributed by atoms with Gasteiger partial charge in [0.15, 0.2) is 0 Å². The molecular weight excluding hydrogens is 377 g/mol. The normalized spacial score (nSPS) is 17.0. The maximum atomic E-state index is 12.8. The fraction of sp³-hybridized carbons (Fsp3) is 0.176. The molecule has 3 rings (SSSR count). The van der Waals surface area contributed by atoms with Gasteiger partial charge >= 0.3 is 0 Å². The number of amides is 2. The number of hydrogen-bond acceptors (Lipinski definition) is 3. The number of hydrogen-bond donors (Lipinski definition) is 2. The van der Waals surface area contributed by atoms with Crippen LogP contribution in [0, 0.1) is 11.7 Å². The molecule has 124 valence electrons. The van der Waals surface area contributed by atoms with Gasteiger partial charge < -0.3 is 4.90 Å². The highest BCUT2D eigenvalue weighted by Crippen LogP contribution is 2.27. The fourth-order valence-electron chi connectivity index (χ4n) is 2.55. The molecule has 24 heavy (non-hydrogen) atoms. The van der Waals surface area contributed by atoms with E-state index in [1.165, 1.54) is 24.3 Å². The van der Waals surface area contributed by atoms with Crippen molar-refractivity contribution in [2.24, 2.45) is 5.92 Å². The summed E-state index contributed by atoms with van der Waals surface area (Å²) in [6.07, 6.45) is 0.156. The number of benzene rings is 2. The van der Waals surface area contributed by atoms with E-state index in [0.717, 1.165) is 10.2 Å². The molecule has 1 fully saturated rings. The Morgan fingerprint density at radius 3 is 2.67 bits per heavy atom. The van der Waals surface area contributed by atoms with Gasteiger partial charge in [-0.2, -0.15) is 0 Å². The number of anilines is 2. The van der Waals surface area contributed by atoms with Crippen LogP contribution in [0.2, 0.25) is 0 Å². The molecule has 0 spiro atoms. The minimum atomic E-state index is -0.440. The zero-order valence-corrected chi connectivity index (χ0v) is 14.2. The van der Waals surface area contributed by atoms with Crippen molar-refractivity contribution in [2.45, 2.75) is 6.42 Å². The summed E-state index contributed by atoms with van der Waals surface area (Å²) in [7, 11) is 0. The molecule has 1 aliphatic heterocycles. The molecular formula is C17H15BrFN3O2. The van der Waals surface area contributed by atoms with Gasteiger partial charge in [-0.3, -0.25) is 20.4 Å². The molecule has 0 aromatic heterocycles. The standard InChI is InChI=1S/C17H15BrFN3O2/c18-12-2-1-3-15(9-12)22-10-11(8-16(22)23)17(24)21-20-14-6-4-13(19)5-7-14/h1-7,9,11,20H,8,10H2,(H,21,24). The molecule has 0 bridgehead atoms. The second kappa shape index (κ2) is 7.00. The molecule has 1 atom stereocenters. The molecule has 0 radical (unpaired) electrons. The topological polar surface area (TPSA) is 61.4 Å². The minimum Gasteiger partial charge on any atom is -0.312 e. The second-order valence-electron chi connectivity index (χ2n) is 5.51. The summed E-state index contributed by atoms with van der Waals surface area (Å²) < 4.78 is 13.7. The summed E-state index contributed by atoms with van der Waals surface area (Å²) >= 11 is 3.38. The van der Waals surface area contributed by atoms with Crippen molar-refractivity contribution in [3.8, 4) is 0 Å². The van der Waals surface area contributed by atoms with Gasteiger partial charge in [0.05, 0.1) is 11.6 Å². The van der Waals surface area contributed by atoms with Crippen LogP contribution >= 0.6 is 15.9 Å². The lowest BCUT2D eigenvalue weighted by atomic mass is 10.1. The highest BCUT2D eigenvalue weighted by Gasteiger charge is 2.35. The van der Waals surface area contributed by atoms with Crippen LogP contribution < -0.4 is 15.8 Å². The summed E-state index contributed by atoms with van der Waals surface area (Å²) in [5.74, 6) is -1.15. The Labute approximate surface area is 146 Å². The Morgan fingerprint density at radius 2 is 1.96 bits per heavy atom. The van der Waals surface area contributed by atoms with Gasteiger partial charge in [-0.05, 0) is 42.5 Å². The largest absolute Gasteiger partial charge is 0.312 e. The minimum absolute atomic E-state index is 0.0879. The molecule has 2 aromatic rings. The Bertz CT molecular complexity index is 767. The van der Waals surface area contributed by atoms with E-state index in [4.69, 9.17) is 0 Å². The fourth-order valence-corrected chi connectivity index (χ4v) is 2.93. The first-order chi connectivity index (χ1) is 11.5. The van der Waals surface area contributed by atoms with Crippen LogP contribution in [0.4, 0.5) is 15.8 Å². The van der Waals surface area contributed by atoms with Crippen LogP contribution in [0.15, 0.2) is 53.0 Å². The van der Waals surface area contributed by atoms with E-state index in [1.807, 2.05) is 24.3 Å². The zero-order chi connectivity index (χ0) is 17.1. The number of carbonyl (C=O) groups is 2. The number of nitrogens with one attached hydrogen (secondary N) is 2. The Balaban J connectivity index is 1.60. The van der Waals surface area contributed by atoms with Gasteiger partial charge in [0, 0.05) is 23.1 Å². The van der Waals surface area contributed by atoms with Crippen LogP contribution in [0.3, 0.4) is 0 Å². The SMILES string of the molecule is O=C(NNc1ccc(F)cc1)C1CC(=O)N(c2cccc(Br)c2)C1. The first-order valence-corrected chi connectivity index (χ1v) is 8.19. The van der Waals surface area contributed by atoms with E-state index in [0.29, 0.717) is 12.2 Å². The predicted octanol–water partition coefficient (Wildman–Crippen LogP) is 3.08. The van der Waals surface area contributed by atoms with Crippen molar-refractivity contribution in [3.05, 3.63) is 58.8 Å². The first kappa shape index (κ1) is 16.4. The zero-order valence-electron chi connectivity index (χ0n) is 12.6. The highest BCUT2D eigenvalue weighted by atomic mass is 79.9. The monoisotopic (exact) mass is 391 g/mol. The molecule has 1 aliphatic rings. The molecule has 2 N–H and O–H groups in total. The van der Waals surface area contributed by atoms with Crippen LogP contribution in [0.5, 0.6) is 0 Å². The summed E-state index contributed by atoms with van der Waals surface area (Å²) in [5.41, 5.74) is 6.62. The summed E-state index contributed by atoms with van der Waals surface area (Å²) in [6.45, 7) is 0.326. The van der Waals surface area contributed by atoms with Crippen molar-refractivity contribution in [1.82, 2.24) is 5.43 Å². The Hall–Kier alpha value is -2.41. The van der Waals surface area contributed by atoms with Gasteiger partial charge in [0.25, 0.3) is 0 Å². The van der Waals surface area contributed by atoms with Gasteiger partial charge in [-0.25, -0.2) is 4.39 Å². The molecule has 1 heterocycles. The molecule has 0 saturated carbocycles. The van der Waals surface area contributed by atoms with Gasteiger partial charge in [0.2, 0.25) is 11.8 Å². The lowest BCUT2D eigenvalue weighted by Gasteiger charge is -2.17. The third-order valence-electron chi connectivity index (χ3n) is 3.79. The van der Waals surface area contributed by atoms with E-state index >= 15 is 0 Å². The maximum Gasteiger partial charge on any atom is 0.243 e. The maximum absolute atomic E-state index is 12.8. The van der Waals surface area contributed by atoms with E-state index in [-0.39, 0.29) is 24.1 Å². The summed E-state index contributed by atoms with van der Waals surface area (Å²) in [6, 6.07) is 13.0. The third kappa shape index (κ3) is 3.73.